The zero-order chi connectivity index (χ0) is 17.1. The minimum absolute atomic E-state index is 0.640. The number of aryl methyl sites for hydroxylation is 1. The van der Waals surface area contributed by atoms with Crippen LogP contribution in [0.25, 0.3) is 22.2 Å². The quantitative estimate of drug-likeness (QED) is 0.383. The monoisotopic (exact) mass is 421 g/mol. The van der Waals surface area contributed by atoms with Gasteiger partial charge >= 0.3 is 0 Å². The summed E-state index contributed by atoms with van der Waals surface area (Å²) in [6.07, 6.45) is 4.56. The Balaban J connectivity index is 2.15. The summed E-state index contributed by atoms with van der Waals surface area (Å²) < 4.78 is 1.06. The number of hydrogen-bond acceptors (Lipinski definition) is 1. The maximum Gasteiger partial charge on any atom is 0.0756 e. The third-order valence-corrected chi connectivity index (χ3v) is 5.13. The molecule has 0 fully saturated rings. The second kappa shape index (κ2) is 7.86. The van der Waals surface area contributed by atoms with E-state index >= 15 is 0 Å². The van der Waals surface area contributed by atoms with Crippen molar-refractivity contribution in [3.05, 3.63) is 62.5 Å². The summed E-state index contributed by atoms with van der Waals surface area (Å²) in [5.74, 6) is 0. The Morgan fingerprint density at radius 2 is 1.83 bits per heavy atom. The molecular weight excluding hydrogens is 405 g/mol. The third-order valence-electron chi connectivity index (χ3n) is 4.09. The molecular formula is C20H18BrCl2N. The molecule has 3 aromatic rings. The molecule has 24 heavy (non-hydrogen) atoms. The summed E-state index contributed by atoms with van der Waals surface area (Å²) in [5, 5.41) is 2.42. The molecule has 0 bridgehead atoms. The van der Waals surface area contributed by atoms with Crippen LogP contribution in [0.3, 0.4) is 0 Å². The fourth-order valence-corrected chi connectivity index (χ4v) is 3.74. The number of nitrogens with zero attached hydrogens (tertiary/aromatic N) is 1. The molecule has 124 valence electrons. The zero-order valence-electron chi connectivity index (χ0n) is 13.5. The van der Waals surface area contributed by atoms with E-state index in [4.69, 9.17) is 28.2 Å². The molecule has 4 heteroatoms. The molecule has 0 aliphatic heterocycles. The second-order valence-corrected chi connectivity index (χ2v) is 7.67. The van der Waals surface area contributed by atoms with Crippen LogP contribution in [-0.4, -0.2) is 4.98 Å². The van der Waals surface area contributed by atoms with Crippen molar-refractivity contribution in [3.8, 4) is 11.3 Å². The maximum absolute atomic E-state index is 6.44. The van der Waals surface area contributed by atoms with Crippen LogP contribution in [0.4, 0.5) is 0 Å². The Kier molecular flexibility index (Phi) is 5.80. The van der Waals surface area contributed by atoms with Crippen LogP contribution in [0.1, 0.15) is 31.7 Å². The van der Waals surface area contributed by atoms with Gasteiger partial charge in [0, 0.05) is 20.4 Å². The number of unbranched alkanes of at least 4 members (excludes halogenated alkanes) is 2. The summed E-state index contributed by atoms with van der Waals surface area (Å²) in [7, 11) is 0. The van der Waals surface area contributed by atoms with E-state index < -0.39 is 0 Å². The molecule has 0 atom stereocenters. The fourth-order valence-electron chi connectivity index (χ4n) is 2.86. The number of hydrogen-bond donors (Lipinski definition) is 0. The second-order valence-electron chi connectivity index (χ2n) is 5.91. The van der Waals surface area contributed by atoms with E-state index in [1.54, 1.807) is 6.07 Å². The minimum atomic E-state index is 0.640. The van der Waals surface area contributed by atoms with Gasteiger partial charge < -0.3 is 0 Å². The average molecular weight is 423 g/mol. The molecule has 0 saturated heterocycles. The van der Waals surface area contributed by atoms with Gasteiger partial charge in [-0.3, -0.25) is 0 Å². The van der Waals surface area contributed by atoms with Crippen molar-refractivity contribution < 1.29 is 0 Å². The van der Waals surface area contributed by atoms with Crippen molar-refractivity contribution in [2.24, 2.45) is 0 Å². The van der Waals surface area contributed by atoms with Crippen LogP contribution in [0.5, 0.6) is 0 Å². The number of benzene rings is 2. The standard InChI is InChI=1S/C20H18BrCl2N/c1-2-3-4-5-13-10-14-11-15(21)6-9-19(14)24-20(13)17-8-7-16(22)12-18(17)23/h6-12H,2-5H2,1H3. The number of halogens is 3. The van der Waals surface area contributed by atoms with Crippen molar-refractivity contribution >= 4 is 50.0 Å². The van der Waals surface area contributed by atoms with Crippen molar-refractivity contribution in [3.63, 3.8) is 0 Å². The van der Waals surface area contributed by atoms with E-state index in [0.717, 1.165) is 39.5 Å². The highest BCUT2D eigenvalue weighted by Crippen LogP contribution is 2.34. The predicted octanol–water partition coefficient (Wildman–Crippen LogP) is 7.70. The molecule has 1 heterocycles. The summed E-state index contributed by atoms with van der Waals surface area (Å²) in [5.41, 5.74) is 4.11. The Morgan fingerprint density at radius 3 is 2.58 bits per heavy atom. The zero-order valence-corrected chi connectivity index (χ0v) is 16.5. The third kappa shape index (κ3) is 3.93. The molecule has 0 saturated carbocycles. The first-order chi connectivity index (χ1) is 11.6. The van der Waals surface area contributed by atoms with Gasteiger partial charge in [0.05, 0.1) is 16.2 Å². The van der Waals surface area contributed by atoms with Crippen molar-refractivity contribution in [2.75, 3.05) is 0 Å². The van der Waals surface area contributed by atoms with Crippen molar-refractivity contribution in [2.45, 2.75) is 32.6 Å². The number of pyridine rings is 1. The number of aromatic nitrogens is 1. The topological polar surface area (TPSA) is 12.9 Å². The van der Waals surface area contributed by atoms with E-state index in [1.807, 2.05) is 24.3 Å². The van der Waals surface area contributed by atoms with E-state index in [2.05, 4.69) is 35.0 Å². The first-order valence-corrected chi connectivity index (χ1v) is 9.68. The lowest BCUT2D eigenvalue weighted by atomic mass is 9.98. The van der Waals surface area contributed by atoms with Gasteiger partial charge in [-0.1, -0.05) is 58.9 Å². The van der Waals surface area contributed by atoms with Crippen molar-refractivity contribution in [1.82, 2.24) is 4.98 Å². The van der Waals surface area contributed by atoms with E-state index in [0.29, 0.717) is 10.0 Å². The smallest absolute Gasteiger partial charge is 0.0756 e. The number of fused-ring (bicyclic) bond motifs is 1. The van der Waals surface area contributed by atoms with Crippen LogP contribution >= 0.6 is 39.1 Å². The lowest BCUT2D eigenvalue weighted by Crippen LogP contribution is -1.96. The lowest BCUT2D eigenvalue weighted by molar-refractivity contribution is 0.717. The lowest BCUT2D eigenvalue weighted by Gasteiger charge is -2.13. The fraction of sp³-hybridized carbons (Fsp3) is 0.250. The maximum atomic E-state index is 6.44. The highest BCUT2D eigenvalue weighted by Gasteiger charge is 2.13. The molecule has 0 aliphatic rings. The van der Waals surface area contributed by atoms with Crippen LogP contribution in [0.15, 0.2) is 46.9 Å². The first kappa shape index (κ1) is 17.7. The molecule has 1 aromatic heterocycles. The highest BCUT2D eigenvalue weighted by atomic mass is 79.9. The summed E-state index contributed by atoms with van der Waals surface area (Å²) in [4.78, 5) is 4.91. The molecule has 0 aliphatic carbocycles. The molecule has 0 amide bonds. The SMILES string of the molecule is CCCCCc1cc2cc(Br)ccc2nc1-c1ccc(Cl)cc1Cl. The van der Waals surface area contributed by atoms with Gasteiger partial charge in [-0.2, -0.15) is 0 Å². The Morgan fingerprint density at radius 1 is 1.00 bits per heavy atom. The first-order valence-electron chi connectivity index (χ1n) is 8.13. The van der Waals surface area contributed by atoms with Crippen LogP contribution in [-0.2, 0) is 6.42 Å². The molecule has 0 unspecified atom stereocenters. The molecule has 0 spiro atoms. The van der Waals surface area contributed by atoms with E-state index in [9.17, 15) is 0 Å². The van der Waals surface area contributed by atoms with Crippen LogP contribution in [0, 0.1) is 0 Å². The normalized spacial score (nSPS) is 11.2. The van der Waals surface area contributed by atoms with Crippen molar-refractivity contribution in [1.29, 1.82) is 0 Å². The minimum Gasteiger partial charge on any atom is -0.247 e. The molecule has 3 rings (SSSR count). The Labute approximate surface area is 161 Å². The van der Waals surface area contributed by atoms with Gasteiger partial charge in [-0.15, -0.1) is 0 Å². The molecule has 0 N–H and O–H groups in total. The van der Waals surface area contributed by atoms with Crippen LogP contribution in [0.2, 0.25) is 10.0 Å². The Bertz CT molecular complexity index is 877. The highest BCUT2D eigenvalue weighted by molar-refractivity contribution is 9.10. The van der Waals surface area contributed by atoms with E-state index in [-0.39, 0.29) is 0 Å². The molecule has 0 radical (unpaired) electrons. The van der Waals surface area contributed by atoms with E-state index in [1.165, 1.54) is 18.4 Å². The van der Waals surface area contributed by atoms with Gasteiger partial charge in [0.1, 0.15) is 0 Å². The molecule has 2 aromatic carbocycles. The summed E-state index contributed by atoms with van der Waals surface area (Å²) >= 11 is 16.0. The van der Waals surface area contributed by atoms with Gasteiger partial charge in [0.2, 0.25) is 0 Å². The van der Waals surface area contributed by atoms with Gasteiger partial charge in [0.25, 0.3) is 0 Å². The Hall–Kier alpha value is -1.09. The summed E-state index contributed by atoms with van der Waals surface area (Å²) in [6.45, 7) is 2.22. The molecule has 1 nitrogen and oxygen atoms in total. The average Bonchev–Trinajstić information content (AvgIpc) is 2.55. The van der Waals surface area contributed by atoms with Gasteiger partial charge in [0.15, 0.2) is 0 Å². The summed E-state index contributed by atoms with van der Waals surface area (Å²) in [6, 6.07) is 14.0. The predicted molar refractivity (Wildman–Crippen MR) is 108 cm³/mol. The van der Waals surface area contributed by atoms with Gasteiger partial charge in [-0.25, -0.2) is 4.98 Å². The van der Waals surface area contributed by atoms with Gasteiger partial charge in [-0.05, 0) is 60.9 Å². The largest absolute Gasteiger partial charge is 0.247 e. The van der Waals surface area contributed by atoms with Crippen LogP contribution < -0.4 is 0 Å². The number of rotatable bonds is 5.